The molecule has 0 aliphatic carbocycles. The lowest BCUT2D eigenvalue weighted by Gasteiger charge is -2.39. The van der Waals surface area contributed by atoms with Gasteiger partial charge in [-0.05, 0) is 96.2 Å². The fourth-order valence-corrected chi connectivity index (χ4v) is 10.1. The molecule has 8 N–H and O–H groups in total. The number of carbonyl (C=O) groups excluding carboxylic acids is 4. The predicted octanol–water partition coefficient (Wildman–Crippen LogP) is 6.08. The Morgan fingerprint density at radius 1 is 0.597 bits per heavy atom. The van der Waals surface area contributed by atoms with E-state index in [0.29, 0.717) is 42.7 Å². The van der Waals surface area contributed by atoms with E-state index in [4.69, 9.17) is 11.5 Å². The van der Waals surface area contributed by atoms with Gasteiger partial charge in [0.2, 0.25) is 23.6 Å². The second kappa shape index (κ2) is 18.1. The van der Waals surface area contributed by atoms with Crippen molar-refractivity contribution in [3.8, 4) is 0 Å². The number of primary amides is 2. The van der Waals surface area contributed by atoms with Gasteiger partial charge >= 0.3 is 12.2 Å². The molecule has 6 atom stereocenters. The Labute approximate surface area is 363 Å². The highest BCUT2D eigenvalue weighted by molar-refractivity contribution is 5.96. The maximum absolute atomic E-state index is 13.9. The van der Waals surface area contributed by atoms with E-state index in [2.05, 4.69) is 53.6 Å². The molecular weight excluding hydrogens is 791 g/mol. The van der Waals surface area contributed by atoms with Crippen molar-refractivity contribution in [2.45, 2.75) is 121 Å². The molecule has 3 aromatic carbocycles. The number of nitrogens with zero attached hydrogens (tertiary/aromatic N) is 3. The van der Waals surface area contributed by atoms with Crippen LogP contribution in [0, 0.1) is 11.8 Å². The number of carbonyl (C=O) groups is 6. The predicted molar refractivity (Wildman–Crippen MR) is 234 cm³/mol. The number of amides is 6. The van der Waals surface area contributed by atoms with Crippen molar-refractivity contribution in [3.63, 3.8) is 0 Å². The molecule has 0 saturated carbocycles. The lowest BCUT2D eigenvalue weighted by Crippen LogP contribution is -2.59. The zero-order chi connectivity index (χ0) is 45.3. The minimum absolute atomic E-state index is 0.0934. The van der Waals surface area contributed by atoms with Gasteiger partial charge in [0.05, 0.1) is 12.1 Å². The summed E-state index contributed by atoms with van der Waals surface area (Å²) in [6.45, 7) is 11.8. The van der Waals surface area contributed by atoms with Crippen LogP contribution in [0.5, 0.6) is 0 Å². The average molecular weight is 852 g/mol. The van der Waals surface area contributed by atoms with Gasteiger partial charge in [-0.15, -0.1) is 0 Å². The molecule has 3 aliphatic heterocycles. The molecule has 6 amide bonds. The van der Waals surface area contributed by atoms with E-state index < -0.39 is 59.0 Å². The maximum atomic E-state index is 13.9. The molecule has 0 spiro atoms. The summed E-state index contributed by atoms with van der Waals surface area (Å²) in [6, 6.07) is 21.6. The third kappa shape index (κ3) is 8.28. The molecule has 0 bridgehead atoms. The third-order valence-electron chi connectivity index (χ3n) is 13.3. The van der Waals surface area contributed by atoms with Crippen LogP contribution in [0.3, 0.4) is 0 Å². The Bertz CT molecular complexity index is 2030. The first-order valence-corrected chi connectivity index (χ1v) is 21.7. The monoisotopic (exact) mass is 851 g/mol. The summed E-state index contributed by atoms with van der Waals surface area (Å²) in [5.41, 5.74) is 14.7. The average Bonchev–Trinajstić information content (AvgIpc) is 4.00. The minimum atomic E-state index is -1.44. The lowest BCUT2D eigenvalue weighted by molar-refractivity contribution is -0.146. The molecule has 332 valence electrons. The summed E-state index contributed by atoms with van der Waals surface area (Å²) in [7, 11) is 0. The van der Waals surface area contributed by atoms with Crippen LogP contribution in [0.4, 0.5) is 15.3 Å². The zero-order valence-electron chi connectivity index (χ0n) is 36.5. The van der Waals surface area contributed by atoms with Crippen molar-refractivity contribution >= 4 is 41.5 Å². The molecule has 3 aliphatic rings. The Balaban J connectivity index is 1.34. The molecule has 0 unspecified atom stereocenters. The third-order valence-corrected chi connectivity index (χ3v) is 13.3. The highest BCUT2D eigenvalue weighted by Crippen LogP contribution is 2.49. The van der Waals surface area contributed by atoms with Crippen LogP contribution in [0.1, 0.15) is 126 Å². The Hall–Kier alpha value is -6.12. The van der Waals surface area contributed by atoms with Gasteiger partial charge in [-0.1, -0.05) is 102 Å². The summed E-state index contributed by atoms with van der Waals surface area (Å²) < 4.78 is 0. The summed E-state index contributed by atoms with van der Waals surface area (Å²) in [4.78, 5) is 83.3. The van der Waals surface area contributed by atoms with E-state index >= 15 is 0 Å². The van der Waals surface area contributed by atoms with Gasteiger partial charge in [-0.2, -0.15) is 0 Å². The molecule has 3 aromatic rings. The first-order chi connectivity index (χ1) is 29.3. The molecule has 62 heavy (non-hydrogen) atoms. The number of anilines is 1. The van der Waals surface area contributed by atoms with Gasteiger partial charge in [0, 0.05) is 18.8 Å². The Kier molecular flexibility index (Phi) is 13.2. The first kappa shape index (κ1) is 45.4. The highest BCUT2D eigenvalue weighted by atomic mass is 16.4. The van der Waals surface area contributed by atoms with Crippen LogP contribution < -0.4 is 27.0 Å². The quantitative estimate of drug-likeness (QED) is 0.110. The fourth-order valence-electron chi connectivity index (χ4n) is 10.1. The van der Waals surface area contributed by atoms with Gasteiger partial charge in [0.15, 0.2) is 0 Å². The smallest absolute Gasteiger partial charge is 0.405 e. The molecule has 0 radical (unpaired) electrons. The van der Waals surface area contributed by atoms with Gasteiger partial charge in [0.25, 0.3) is 0 Å². The van der Waals surface area contributed by atoms with Crippen molar-refractivity contribution in [2.75, 3.05) is 18.0 Å². The van der Waals surface area contributed by atoms with E-state index in [-0.39, 0.29) is 37.0 Å². The van der Waals surface area contributed by atoms with Crippen molar-refractivity contribution in [2.24, 2.45) is 23.3 Å². The molecule has 15 heteroatoms. The van der Waals surface area contributed by atoms with Gasteiger partial charge < -0.3 is 47.0 Å². The summed E-state index contributed by atoms with van der Waals surface area (Å²) in [5, 5.41) is 23.6. The first-order valence-electron chi connectivity index (χ1n) is 21.7. The zero-order valence-corrected chi connectivity index (χ0v) is 36.5. The van der Waals surface area contributed by atoms with Crippen LogP contribution >= 0.6 is 0 Å². The van der Waals surface area contributed by atoms with Crippen molar-refractivity contribution < 1.29 is 39.0 Å². The second-order valence-corrected chi connectivity index (χ2v) is 18.0. The van der Waals surface area contributed by atoms with Crippen LogP contribution in [-0.4, -0.2) is 81.0 Å². The Morgan fingerprint density at radius 3 is 1.27 bits per heavy atom. The highest BCUT2D eigenvalue weighted by Gasteiger charge is 2.53. The van der Waals surface area contributed by atoms with Crippen LogP contribution in [0.15, 0.2) is 72.8 Å². The number of carboxylic acid groups (broad SMARTS) is 2. The Morgan fingerprint density at radius 2 is 0.968 bits per heavy atom. The summed E-state index contributed by atoms with van der Waals surface area (Å²) in [5.74, 6) is -2.74. The summed E-state index contributed by atoms with van der Waals surface area (Å²) in [6.07, 6.45) is 0.562. The number of hydrogen-bond acceptors (Lipinski definition) is 7. The molecule has 3 heterocycles. The number of nitrogens with one attached hydrogen (secondary N) is 2. The number of nitrogens with two attached hydrogens (primary N) is 2. The largest absolute Gasteiger partial charge is 0.465 e. The molecule has 3 fully saturated rings. The van der Waals surface area contributed by atoms with Crippen LogP contribution in [-0.2, 0) is 30.3 Å². The molecule has 0 aromatic heterocycles. The number of likely N-dealkylation sites (tertiary alicyclic amines) is 2. The standard InChI is InChI=1S/C47H61N7O8/c1-27(2)30-13-19-35(20-14-30)54-36(31-9-15-33(16-10-31)46(42(48)57)23-7-25-52(46)40(55)38(28(3)4)50-44(59)60)21-22-37(54)32-11-17-34(18-12-32)47(43(49)58)24-8-26-53(47)41(56)39(29(5)6)51-45(61)62/h9-20,27-29,36-39,50-51H,7-8,21-26H2,1-6H3,(H2,48,57)(H2,49,58)(H,59,60)(H,61,62)/t36-,37-,38-,39-,46-,47-/m0/s1. The molecular formula is C47H61N7O8. The van der Waals surface area contributed by atoms with Crippen molar-refractivity contribution in [1.29, 1.82) is 0 Å². The molecule has 6 rings (SSSR count). The number of rotatable bonds is 14. The lowest BCUT2D eigenvalue weighted by atomic mass is 9.84. The van der Waals surface area contributed by atoms with Gasteiger partial charge in [-0.25, -0.2) is 9.59 Å². The topological polar surface area (TPSA) is 229 Å². The van der Waals surface area contributed by atoms with E-state index in [0.717, 1.165) is 29.7 Å². The molecule has 3 saturated heterocycles. The van der Waals surface area contributed by atoms with Crippen molar-refractivity contribution in [3.05, 3.63) is 101 Å². The van der Waals surface area contributed by atoms with Gasteiger partial charge in [0.1, 0.15) is 23.2 Å². The van der Waals surface area contributed by atoms with Gasteiger partial charge in [-0.3, -0.25) is 19.2 Å². The van der Waals surface area contributed by atoms with Crippen LogP contribution in [0.25, 0.3) is 0 Å². The normalized spacial score (nSPS) is 23.5. The van der Waals surface area contributed by atoms with E-state index in [1.807, 2.05) is 48.5 Å². The molecule has 15 nitrogen and oxygen atoms in total. The number of benzene rings is 3. The SMILES string of the molecule is CC(C)c1ccc(N2[C@H](c3ccc([C@]4(C(N)=O)CCCN4C(=O)[C@@H](NC(=O)O)C(C)C)cc3)CC[C@H]2c2ccc([C@]3(C(N)=O)CCCN3C(=O)[C@@H](NC(=O)O)C(C)C)cc2)cc1. The maximum Gasteiger partial charge on any atom is 0.405 e. The minimum Gasteiger partial charge on any atom is -0.465 e. The fraction of sp³-hybridized carbons (Fsp3) is 0.489. The second-order valence-electron chi connectivity index (χ2n) is 18.0. The van der Waals surface area contributed by atoms with E-state index in [1.54, 1.807) is 27.7 Å². The van der Waals surface area contributed by atoms with Crippen LogP contribution in [0.2, 0.25) is 0 Å². The number of hydrogen-bond donors (Lipinski definition) is 6. The van der Waals surface area contributed by atoms with E-state index in [1.165, 1.54) is 15.4 Å². The van der Waals surface area contributed by atoms with Crippen molar-refractivity contribution in [1.82, 2.24) is 20.4 Å². The summed E-state index contributed by atoms with van der Waals surface area (Å²) >= 11 is 0. The van der Waals surface area contributed by atoms with E-state index in [9.17, 15) is 39.0 Å².